The SMILES string of the molecule is CC.CCC=N/C1=C(\N(C)C)c2ccccc2CN(C)c2ccccc21. The molecule has 0 aromatic heterocycles. The van der Waals surface area contributed by atoms with Gasteiger partial charge in [0.1, 0.15) is 0 Å². The van der Waals surface area contributed by atoms with E-state index >= 15 is 0 Å². The standard InChI is InChI=1S/C21H25N3.C2H6/c1-5-14-22-20-18-12-8-9-13-19(18)24(4)15-16-10-6-7-11-17(16)21(20)23(2)3;1-2/h6-14H,5,15H2,1-4H3;1-2H3/b21-20-,22-14?;. The molecular weight excluding hydrogens is 318 g/mol. The fourth-order valence-electron chi connectivity index (χ4n) is 3.26. The minimum Gasteiger partial charge on any atom is -0.375 e. The summed E-state index contributed by atoms with van der Waals surface area (Å²) in [6.07, 6.45) is 2.92. The minimum absolute atomic E-state index is 0.884. The Labute approximate surface area is 158 Å². The third kappa shape index (κ3) is 3.98. The lowest BCUT2D eigenvalue weighted by molar-refractivity contribution is 0.591. The first-order chi connectivity index (χ1) is 12.6. The third-order valence-corrected chi connectivity index (χ3v) is 4.32. The Bertz CT molecular complexity index is 788. The monoisotopic (exact) mass is 349 g/mol. The van der Waals surface area contributed by atoms with E-state index in [-0.39, 0.29) is 0 Å². The van der Waals surface area contributed by atoms with Gasteiger partial charge in [-0.2, -0.15) is 0 Å². The van der Waals surface area contributed by atoms with Crippen LogP contribution in [0.2, 0.25) is 0 Å². The van der Waals surface area contributed by atoms with Crippen LogP contribution in [0, 0.1) is 0 Å². The van der Waals surface area contributed by atoms with E-state index < -0.39 is 0 Å². The van der Waals surface area contributed by atoms with E-state index in [0.717, 1.165) is 18.7 Å². The maximum Gasteiger partial charge on any atom is 0.0958 e. The first kappa shape index (κ1) is 19.8. The molecule has 0 amide bonds. The van der Waals surface area contributed by atoms with Crippen LogP contribution >= 0.6 is 0 Å². The van der Waals surface area contributed by atoms with E-state index in [9.17, 15) is 0 Å². The molecule has 3 heteroatoms. The quantitative estimate of drug-likeness (QED) is 0.678. The number of nitrogens with zero attached hydrogens (tertiary/aromatic N) is 3. The van der Waals surface area contributed by atoms with Gasteiger partial charge in [-0.15, -0.1) is 0 Å². The molecule has 3 nitrogen and oxygen atoms in total. The Kier molecular flexibility index (Phi) is 7.02. The number of fused-ring (bicyclic) bond motifs is 2. The number of hydrogen-bond acceptors (Lipinski definition) is 3. The van der Waals surface area contributed by atoms with E-state index in [1.165, 1.54) is 28.1 Å². The average molecular weight is 350 g/mol. The summed E-state index contributed by atoms with van der Waals surface area (Å²) >= 11 is 0. The largest absolute Gasteiger partial charge is 0.375 e. The summed E-state index contributed by atoms with van der Waals surface area (Å²) in [5, 5.41) is 0. The molecule has 0 N–H and O–H groups in total. The second-order valence-electron chi connectivity index (χ2n) is 6.34. The Balaban J connectivity index is 0.00000117. The van der Waals surface area contributed by atoms with Crippen molar-refractivity contribution in [3.63, 3.8) is 0 Å². The molecular formula is C23H31N3. The second-order valence-corrected chi connectivity index (χ2v) is 6.34. The van der Waals surface area contributed by atoms with Gasteiger partial charge in [-0.05, 0) is 18.1 Å². The van der Waals surface area contributed by atoms with Gasteiger partial charge in [0.2, 0.25) is 0 Å². The van der Waals surface area contributed by atoms with Crippen LogP contribution in [0.15, 0.2) is 53.5 Å². The van der Waals surface area contributed by atoms with E-state index in [1.54, 1.807) is 0 Å². The zero-order valence-electron chi connectivity index (χ0n) is 17.0. The lowest BCUT2D eigenvalue weighted by Gasteiger charge is -2.30. The van der Waals surface area contributed by atoms with Crippen molar-refractivity contribution in [2.75, 3.05) is 26.0 Å². The van der Waals surface area contributed by atoms with Gasteiger partial charge in [-0.25, -0.2) is 0 Å². The zero-order chi connectivity index (χ0) is 19.1. The molecule has 0 saturated heterocycles. The fourth-order valence-corrected chi connectivity index (χ4v) is 3.26. The number of para-hydroxylation sites is 1. The van der Waals surface area contributed by atoms with Crippen molar-refractivity contribution in [3.8, 4) is 0 Å². The lowest BCUT2D eigenvalue weighted by Crippen LogP contribution is -2.23. The van der Waals surface area contributed by atoms with Gasteiger partial charge in [0.25, 0.3) is 0 Å². The number of benzene rings is 2. The van der Waals surface area contributed by atoms with Crippen molar-refractivity contribution in [3.05, 3.63) is 65.2 Å². The van der Waals surface area contributed by atoms with E-state index in [2.05, 4.69) is 86.4 Å². The lowest BCUT2D eigenvalue weighted by atomic mass is 9.96. The van der Waals surface area contributed by atoms with Crippen molar-refractivity contribution in [1.29, 1.82) is 0 Å². The topological polar surface area (TPSA) is 18.8 Å². The summed E-state index contributed by atoms with van der Waals surface area (Å²) in [6, 6.07) is 17.2. The number of hydrogen-bond donors (Lipinski definition) is 0. The van der Waals surface area contributed by atoms with Crippen molar-refractivity contribution >= 4 is 23.3 Å². The summed E-state index contributed by atoms with van der Waals surface area (Å²) in [4.78, 5) is 9.36. The Morgan fingerprint density at radius 3 is 2.27 bits per heavy atom. The molecule has 138 valence electrons. The molecule has 2 aromatic rings. The van der Waals surface area contributed by atoms with Crippen LogP contribution in [0.5, 0.6) is 0 Å². The first-order valence-electron chi connectivity index (χ1n) is 9.46. The van der Waals surface area contributed by atoms with Gasteiger partial charge in [-0.3, -0.25) is 4.99 Å². The van der Waals surface area contributed by atoms with Gasteiger partial charge in [0, 0.05) is 50.7 Å². The fraction of sp³-hybridized carbons (Fsp3) is 0.348. The summed E-state index contributed by atoms with van der Waals surface area (Å²) in [5.74, 6) is 0. The Morgan fingerprint density at radius 1 is 1.00 bits per heavy atom. The predicted octanol–water partition coefficient (Wildman–Crippen LogP) is 5.53. The van der Waals surface area contributed by atoms with Crippen LogP contribution < -0.4 is 4.90 Å². The normalized spacial score (nSPS) is 16.2. The number of aliphatic imine (C=N–C) groups is 1. The maximum absolute atomic E-state index is 4.87. The Morgan fingerprint density at radius 2 is 1.62 bits per heavy atom. The summed E-state index contributed by atoms with van der Waals surface area (Å²) in [5.41, 5.74) is 7.19. The highest BCUT2D eigenvalue weighted by Crippen LogP contribution is 2.38. The molecule has 1 heterocycles. The van der Waals surface area contributed by atoms with Crippen molar-refractivity contribution < 1.29 is 0 Å². The molecule has 0 radical (unpaired) electrons. The van der Waals surface area contributed by atoms with Crippen LogP contribution in [0.4, 0.5) is 5.69 Å². The highest BCUT2D eigenvalue weighted by Gasteiger charge is 2.22. The van der Waals surface area contributed by atoms with Gasteiger partial charge in [0.05, 0.1) is 11.4 Å². The Hall–Kier alpha value is -2.55. The van der Waals surface area contributed by atoms with E-state index in [4.69, 9.17) is 4.99 Å². The second kappa shape index (κ2) is 9.23. The molecule has 26 heavy (non-hydrogen) atoms. The first-order valence-corrected chi connectivity index (χ1v) is 9.46. The van der Waals surface area contributed by atoms with Crippen LogP contribution in [-0.4, -0.2) is 32.3 Å². The highest BCUT2D eigenvalue weighted by atomic mass is 15.1. The van der Waals surface area contributed by atoms with Gasteiger partial charge in [-0.1, -0.05) is 63.2 Å². The molecule has 0 atom stereocenters. The zero-order valence-corrected chi connectivity index (χ0v) is 17.0. The summed E-state index contributed by atoms with van der Waals surface area (Å²) < 4.78 is 0. The molecule has 1 aliphatic heterocycles. The molecule has 0 saturated carbocycles. The van der Waals surface area contributed by atoms with Gasteiger partial charge < -0.3 is 9.80 Å². The van der Waals surface area contributed by atoms with E-state index in [1.807, 2.05) is 20.1 Å². The molecule has 0 bridgehead atoms. The van der Waals surface area contributed by atoms with Crippen molar-refractivity contribution in [2.45, 2.75) is 33.7 Å². The maximum atomic E-state index is 4.87. The van der Waals surface area contributed by atoms with Crippen molar-refractivity contribution in [1.82, 2.24) is 4.90 Å². The number of rotatable bonds is 3. The molecule has 1 aliphatic rings. The smallest absolute Gasteiger partial charge is 0.0958 e. The summed E-state index contributed by atoms with van der Waals surface area (Å²) in [7, 11) is 6.35. The van der Waals surface area contributed by atoms with Crippen molar-refractivity contribution in [2.24, 2.45) is 4.99 Å². The number of anilines is 1. The molecule has 0 fully saturated rings. The molecule has 0 aliphatic carbocycles. The van der Waals surface area contributed by atoms with Gasteiger partial charge in [0.15, 0.2) is 0 Å². The minimum atomic E-state index is 0.884. The molecule has 3 rings (SSSR count). The predicted molar refractivity (Wildman–Crippen MR) is 116 cm³/mol. The van der Waals surface area contributed by atoms with Crippen LogP contribution in [-0.2, 0) is 6.54 Å². The molecule has 2 aromatic carbocycles. The van der Waals surface area contributed by atoms with Gasteiger partial charge >= 0.3 is 0 Å². The van der Waals surface area contributed by atoms with E-state index in [0.29, 0.717) is 0 Å². The average Bonchev–Trinajstić information content (AvgIpc) is 2.66. The highest BCUT2D eigenvalue weighted by molar-refractivity contribution is 5.96. The molecule has 0 unspecified atom stereocenters. The summed E-state index contributed by atoms with van der Waals surface area (Å²) in [6.45, 7) is 7.00. The van der Waals surface area contributed by atoms with Crippen LogP contribution in [0.25, 0.3) is 11.4 Å². The van der Waals surface area contributed by atoms with Crippen LogP contribution in [0.3, 0.4) is 0 Å². The third-order valence-electron chi connectivity index (χ3n) is 4.32. The molecule has 0 spiro atoms. The van der Waals surface area contributed by atoms with Crippen LogP contribution in [0.1, 0.15) is 43.9 Å².